The molecule has 0 aliphatic heterocycles. The summed E-state index contributed by atoms with van der Waals surface area (Å²) in [6, 6.07) is 14.6. The molecule has 2 aromatic carbocycles. The first kappa shape index (κ1) is 16.6. The highest BCUT2D eigenvalue weighted by atomic mass is 32.1. The number of halogens is 1. The minimum atomic E-state index is -0.226. The van der Waals surface area contributed by atoms with Crippen LogP contribution in [0.15, 0.2) is 53.9 Å². The zero-order chi connectivity index (χ0) is 16.8. The number of methoxy groups -OCH3 is 1. The van der Waals surface area contributed by atoms with Crippen LogP contribution in [-0.2, 0) is 13.0 Å². The smallest absolute Gasteiger partial charge is 0.123 e. The Kier molecular flexibility index (Phi) is 5.56. The topological polar surface area (TPSA) is 34.1 Å². The maximum Gasteiger partial charge on any atom is 0.123 e. The van der Waals surface area contributed by atoms with Crippen molar-refractivity contribution in [3.8, 4) is 16.3 Å². The standard InChI is InChI=1S/C19H19FN2OS/c1-23-18-8-2-14(3-9-18)10-11-21-12-17-13-24-19(22-17)15-4-6-16(20)7-5-15/h2-9,13,21H,10-12H2,1H3. The van der Waals surface area contributed by atoms with Crippen molar-refractivity contribution < 1.29 is 9.13 Å². The lowest BCUT2D eigenvalue weighted by molar-refractivity contribution is 0.414. The van der Waals surface area contributed by atoms with Crippen LogP contribution in [0, 0.1) is 5.82 Å². The summed E-state index contributed by atoms with van der Waals surface area (Å²) in [4.78, 5) is 4.59. The summed E-state index contributed by atoms with van der Waals surface area (Å²) in [6.07, 6.45) is 0.957. The highest BCUT2D eigenvalue weighted by Gasteiger charge is 2.05. The van der Waals surface area contributed by atoms with E-state index in [9.17, 15) is 4.39 Å². The molecule has 1 heterocycles. The van der Waals surface area contributed by atoms with Gasteiger partial charge in [-0.2, -0.15) is 0 Å². The van der Waals surface area contributed by atoms with Gasteiger partial charge in [-0.15, -0.1) is 11.3 Å². The first-order valence-electron chi connectivity index (χ1n) is 7.78. The molecular formula is C19H19FN2OS. The van der Waals surface area contributed by atoms with E-state index < -0.39 is 0 Å². The second kappa shape index (κ2) is 8.04. The zero-order valence-corrected chi connectivity index (χ0v) is 14.3. The van der Waals surface area contributed by atoms with Gasteiger partial charge < -0.3 is 10.1 Å². The van der Waals surface area contributed by atoms with Crippen molar-refractivity contribution in [3.63, 3.8) is 0 Å². The molecule has 5 heteroatoms. The van der Waals surface area contributed by atoms with Crippen LogP contribution in [0.4, 0.5) is 4.39 Å². The normalized spacial score (nSPS) is 10.8. The maximum absolute atomic E-state index is 13.0. The Hall–Kier alpha value is -2.24. The number of nitrogens with zero attached hydrogens (tertiary/aromatic N) is 1. The molecule has 1 N–H and O–H groups in total. The van der Waals surface area contributed by atoms with E-state index in [1.54, 1.807) is 30.6 Å². The first-order valence-corrected chi connectivity index (χ1v) is 8.66. The largest absolute Gasteiger partial charge is 0.497 e. The summed E-state index contributed by atoms with van der Waals surface area (Å²) in [5.74, 6) is 0.651. The third-order valence-corrected chi connectivity index (χ3v) is 4.64. The number of rotatable bonds is 7. The lowest BCUT2D eigenvalue weighted by atomic mass is 10.1. The van der Waals surface area contributed by atoms with Gasteiger partial charge in [-0.3, -0.25) is 0 Å². The van der Waals surface area contributed by atoms with E-state index in [0.717, 1.165) is 41.5 Å². The Morgan fingerprint density at radius 2 is 1.83 bits per heavy atom. The molecule has 124 valence electrons. The number of thiazole rings is 1. The number of ether oxygens (including phenoxy) is 1. The summed E-state index contributed by atoms with van der Waals surface area (Å²) >= 11 is 1.58. The third-order valence-electron chi connectivity index (χ3n) is 3.70. The van der Waals surface area contributed by atoms with Gasteiger partial charge in [0, 0.05) is 17.5 Å². The Morgan fingerprint density at radius 3 is 2.54 bits per heavy atom. The van der Waals surface area contributed by atoms with Crippen molar-refractivity contribution in [1.29, 1.82) is 0 Å². The highest BCUT2D eigenvalue weighted by molar-refractivity contribution is 7.13. The molecule has 1 aromatic heterocycles. The first-order chi connectivity index (χ1) is 11.7. The molecule has 3 aromatic rings. The van der Waals surface area contributed by atoms with Crippen LogP contribution in [0.1, 0.15) is 11.3 Å². The van der Waals surface area contributed by atoms with Crippen LogP contribution in [0.25, 0.3) is 10.6 Å². The van der Waals surface area contributed by atoms with Gasteiger partial charge >= 0.3 is 0 Å². The maximum atomic E-state index is 13.0. The molecule has 0 unspecified atom stereocenters. The molecular weight excluding hydrogens is 323 g/mol. The second-order valence-electron chi connectivity index (χ2n) is 5.43. The lowest BCUT2D eigenvalue weighted by Gasteiger charge is -2.04. The van der Waals surface area contributed by atoms with Crippen LogP contribution in [0.5, 0.6) is 5.75 Å². The SMILES string of the molecule is COc1ccc(CCNCc2csc(-c3ccc(F)cc3)n2)cc1. The summed E-state index contributed by atoms with van der Waals surface area (Å²) in [5, 5.41) is 6.36. The van der Waals surface area contributed by atoms with Crippen molar-refractivity contribution in [2.75, 3.05) is 13.7 Å². The van der Waals surface area contributed by atoms with E-state index in [1.165, 1.54) is 17.7 Å². The Labute approximate surface area is 145 Å². The van der Waals surface area contributed by atoms with Gasteiger partial charge in [0.2, 0.25) is 0 Å². The van der Waals surface area contributed by atoms with Crippen LogP contribution in [0.2, 0.25) is 0 Å². The van der Waals surface area contributed by atoms with Gasteiger partial charge in [0.1, 0.15) is 16.6 Å². The predicted molar refractivity (Wildman–Crippen MR) is 95.9 cm³/mol. The second-order valence-corrected chi connectivity index (χ2v) is 6.28. The van der Waals surface area contributed by atoms with Crippen LogP contribution in [0.3, 0.4) is 0 Å². The lowest BCUT2D eigenvalue weighted by Crippen LogP contribution is -2.16. The van der Waals surface area contributed by atoms with E-state index in [4.69, 9.17) is 4.74 Å². The van der Waals surface area contributed by atoms with E-state index in [-0.39, 0.29) is 5.82 Å². The summed E-state index contributed by atoms with van der Waals surface area (Å²) in [7, 11) is 1.67. The molecule has 0 saturated heterocycles. The van der Waals surface area contributed by atoms with Crippen molar-refractivity contribution >= 4 is 11.3 Å². The number of benzene rings is 2. The average Bonchev–Trinajstić information content (AvgIpc) is 3.09. The Balaban J connectivity index is 1.47. The van der Waals surface area contributed by atoms with E-state index in [1.807, 2.05) is 17.5 Å². The Morgan fingerprint density at radius 1 is 1.08 bits per heavy atom. The van der Waals surface area contributed by atoms with Gasteiger partial charge in [0.25, 0.3) is 0 Å². The average molecular weight is 342 g/mol. The van der Waals surface area contributed by atoms with E-state index >= 15 is 0 Å². The molecule has 3 rings (SSSR count). The van der Waals surface area contributed by atoms with E-state index in [0.29, 0.717) is 0 Å². The molecule has 0 amide bonds. The molecule has 0 spiro atoms. The molecule has 0 atom stereocenters. The number of aromatic nitrogens is 1. The quantitative estimate of drug-likeness (QED) is 0.651. The van der Waals surface area contributed by atoms with Crippen molar-refractivity contribution in [2.45, 2.75) is 13.0 Å². The number of nitrogens with one attached hydrogen (secondary N) is 1. The molecule has 3 nitrogen and oxygen atoms in total. The van der Waals surface area contributed by atoms with Gasteiger partial charge in [-0.25, -0.2) is 9.37 Å². The molecule has 0 fully saturated rings. The Bertz CT molecular complexity index is 769. The summed E-state index contributed by atoms with van der Waals surface area (Å²) in [6.45, 7) is 1.61. The van der Waals surface area contributed by atoms with Crippen molar-refractivity contribution in [1.82, 2.24) is 10.3 Å². The number of hydrogen-bond donors (Lipinski definition) is 1. The molecule has 0 radical (unpaired) electrons. The van der Waals surface area contributed by atoms with Crippen LogP contribution >= 0.6 is 11.3 Å². The monoisotopic (exact) mass is 342 g/mol. The van der Waals surface area contributed by atoms with Crippen LogP contribution < -0.4 is 10.1 Å². The summed E-state index contributed by atoms with van der Waals surface area (Å²) in [5.41, 5.74) is 3.23. The molecule has 0 bridgehead atoms. The molecule has 0 aliphatic carbocycles. The van der Waals surface area contributed by atoms with Gasteiger partial charge in [-0.05, 0) is 54.9 Å². The fourth-order valence-corrected chi connectivity index (χ4v) is 3.18. The summed E-state index contributed by atoms with van der Waals surface area (Å²) < 4.78 is 18.1. The van der Waals surface area contributed by atoms with Gasteiger partial charge in [0.15, 0.2) is 0 Å². The highest BCUT2D eigenvalue weighted by Crippen LogP contribution is 2.23. The minimum absolute atomic E-state index is 0.226. The zero-order valence-electron chi connectivity index (χ0n) is 13.5. The number of hydrogen-bond acceptors (Lipinski definition) is 4. The fourth-order valence-electron chi connectivity index (χ4n) is 2.35. The van der Waals surface area contributed by atoms with Gasteiger partial charge in [-0.1, -0.05) is 12.1 Å². The van der Waals surface area contributed by atoms with Crippen molar-refractivity contribution in [2.24, 2.45) is 0 Å². The minimum Gasteiger partial charge on any atom is -0.497 e. The van der Waals surface area contributed by atoms with Crippen LogP contribution in [-0.4, -0.2) is 18.6 Å². The molecule has 0 aliphatic rings. The van der Waals surface area contributed by atoms with Gasteiger partial charge in [0.05, 0.1) is 12.8 Å². The van der Waals surface area contributed by atoms with Crippen molar-refractivity contribution in [3.05, 3.63) is 71.0 Å². The molecule has 24 heavy (non-hydrogen) atoms. The predicted octanol–water partition coefficient (Wildman–Crippen LogP) is 4.29. The van der Waals surface area contributed by atoms with E-state index in [2.05, 4.69) is 22.4 Å². The molecule has 0 saturated carbocycles. The fraction of sp³-hybridized carbons (Fsp3) is 0.211. The third kappa shape index (κ3) is 4.40.